The number of benzene rings is 1. The van der Waals surface area contributed by atoms with Crippen LogP contribution < -0.4 is 0 Å². The molecule has 0 radical (unpaired) electrons. The van der Waals surface area contributed by atoms with Crippen molar-refractivity contribution in [3.63, 3.8) is 0 Å². The van der Waals surface area contributed by atoms with Crippen molar-refractivity contribution < 1.29 is 14.6 Å². The molecule has 2 saturated heterocycles. The highest BCUT2D eigenvalue weighted by Crippen LogP contribution is 2.50. The van der Waals surface area contributed by atoms with Crippen LogP contribution in [0.5, 0.6) is 0 Å². The molecule has 1 aromatic rings. The summed E-state index contributed by atoms with van der Waals surface area (Å²) < 4.78 is 5.32. The fourth-order valence-electron chi connectivity index (χ4n) is 6.47. The van der Waals surface area contributed by atoms with Gasteiger partial charge in [0.05, 0.1) is 12.1 Å². The zero-order chi connectivity index (χ0) is 22.3. The highest BCUT2D eigenvalue weighted by Gasteiger charge is 2.55. The van der Waals surface area contributed by atoms with Crippen LogP contribution in [0.4, 0.5) is 4.79 Å². The van der Waals surface area contributed by atoms with Crippen LogP contribution in [-0.4, -0.2) is 78.0 Å². The van der Waals surface area contributed by atoms with E-state index in [0.717, 1.165) is 51.7 Å². The molecular weight excluding hydrogens is 402 g/mol. The number of carbonyl (C=O) groups excluding carboxylic acids is 1. The second-order valence-corrected chi connectivity index (χ2v) is 10.9. The summed E-state index contributed by atoms with van der Waals surface area (Å²) in [4.78, 5) is 20.4. The molecule has 2 atom stereocenters. The summed E-state index contributed by atoms with van der Waals surface area (Å²) in [5, 5.41) is 9.92. The molecule has 6 heteroatoms. The van der Waals surface area contributed by atoms with E-state index in [1.54, 1.807) is 0 Å². The molecule has 1 aromatic carbocycles. The Kier molecular flexibility index (Phi) is 5.97. The highest BCUT2D eigenvalue weighted by atomic mass is 16.6. The Morgan fingerprint density at radius 2 is 1.75 bits per heavy atom. The molecule has 176 valence electrons. The van der Waals surface area contributed by atoms with Gasteiger partial charge in [-0.3, -0.25) is 4.90 Å². The molecule has 0 bridgehead atoms. The molecule has 2 saturated carbocycles. The van der Waals surface area contributed by atoms with Gasteiger partial charge in [-0.15, -0.1) is 0 Å². The number of nitrogens with zero attached hydrogens (tertiary/aromatic N) is 3. The smallest absolute Gasteiger partial charge is 0.320 e. The van der Waals surface area contributed by atoms with Crippen molar-refractivity contribution in [2.45, 2.75) is 68.7 Å². The topological polar surface area (TPSA) is 56.2 Å². The first-order valence-corrected chi connectivity index (χ1v) is 12.5. The highest BCUT2D eigenvalue weighted by molar-refractivity contribution is 5.78. The lowest BCUT2D eigenvalue weighted by atomic mass is 9.68. The number of urea groups is 1. The normalized spacial score (nSPS) is 35.8. The van der Waals surface area contributed by atoms with Crippen molar-refractivity contribution in [3.8, 4) is 0 Å². The minimum absolute atomic E-state index is 0.0407. The molecule has 32 heavy (non-hydrogen) atoms. The number of aliphatic hydroxyl groups excluding tert-OH is 1. The minimum atomic E-state index is -0.677. The maximum atomic E-state index is 13.6. The molecule has 2 aliphatic heterocycles. The van der Waals surface area contributed by atoms with Crippen molar-refractivity contribution in [3.05, 3.63) is 35.9 Å². The average molecular weight is 442 g/mol. The Morgan fingerprint density at radius 1 is 1.03 bits per heavy atom. The Morgan fingerprint density at radius 3 is 2.38 bits per heavy atom. The van der Waals surface area contributed by atoms with Crippen molar-refractivity contribution in [1.29, 1.82) is 0 Å². The van der Waals surface area contributed by atoms with Gasteiger partial charge in [0.2, 0.25) is 0 Å². The van der Waals surface area contributed by atoms with Gasteiger partial charge in [-0.25, -0.2) is 4.79 Å². The second kappa shape index (κ2) is 8.62. The van der Waals surface area contributed by atoms with Crippen LogP contribution in [0.15, 0.2) is 30.3 Å². The van der Waals surface area contributed by atoms with Crippen LogP contribution in [-0.2, 0) is 10.3 Å². The van der Waals surface area contributed by atoms with E-state index in [1.165, 1.54) is 18.4 Å². The van der Waals surface area contributed by atoms with Gasteiger partial charge < -0.3 is 19.6 Å². The van der Waals surface area contributed by atoms with Gasteiger partial charge >= 0.3 is 6.03 Å². The predicted octanol–water partition coefficient (Wildman–Crippen LogP) is 3.65. The largest absolute Gasteiger partial charge is 0.368 e. The number of hydrogen-bond acceptors (Lipinski definition) is 4. The summed E-state index contributed by atoms with van der Waals surface area (Å²) in [6.07, 6.45) is 7.64. The standard InChI is InChI=1S/C26H39N3O3/c1-27(2)26(22-6-4-3-5-7-22)13-11-25(12-14-26)19-28(17-21-10-15-32-23(30)16-21)24(31)29(25)18-20-8-9-20/h3-7,20-21,23,30H,8-19H2,1-2H3. The Balaban J connectivity index is 1.35. The van der Waals surface area contributed by atoms with E-state index in [-0.39, 0.29) is 17.1 Å². The summed E-state index contributed by atoms with van der Waals surface area (Å²) in [7, 11) is 4.41. The molecule has 4 fully saturated rings. The lowest BCUT2D eigenvalue weighted by Crippen LogP contribution is -2.55. The van der Waals surface area contributed by atoms with Crippen LogP contribution in [0, 0.1) is 11.8 Å². The predicted molar refractivity (Wildman–Crippen MR) is 124 cm³/mol. The summed E-state index contributed by atoms with van der Waals surface area (Å²) in [5.41, 5.74) is 1.39. The van der Waals surface area contributed by atoms with E-state index in [0.29, 0.717) is 24.9 Å². The molecule has 4 aliphatic rings. The molecule has 2 amide bonds. The molecule has 0 aromatic heterocycles. The molecule has 2 aliphatic carbocycles. The van der Waals surface area contributed by atoms with Crippen LogP contribution >= 0.6 is 0 Å². The fourth-order valence-corrected chi connectivity index (χ4v) is 6.47. The van der Waals surface area contributed by atoms with Gasteiger partial charge in [0, 0.05) is 31.6 Å². The molecular formula is C26H39N3O3. The first kappa shape index (κ1) is 22.2. The molecule has 1 N–H and O–H groups in total. The third-order valence-corrected chi connectivity index (χ3v) is 8.72. The minimum Gasteiger partial charge on any atom is -0.368 e. The number of amides is 2. The molecule has 1 spiro atoms. The van der Waals surface area contributed by atoms with Crippen LogP contribution in [0.3, 0.4) is 0 Å². The lowest BCUT2D eigenvalue weighted by Gasteiger charge is -2.51. The van der Waals surface area contributed by atoms with E-state index in [2.05, 4.69) is 59.1 Å². The average Bonchev–Trinajstić information content (AvgIpc) is 3.58. The van der Waals surface area contributed by atoms with Gasteiger partial charge in [0.1, 0.15) is 0 Å². The summed E-state index contributed by atoms with van der Waals surface area (Å²) in [5.74, 6) is 1.02. The molecule has 2 heterocycles. The van der Waals surface area contributed by atoms with Crippen LogP contribution in [0.2, 0.25) is 0 Å². The maximum absolute atomic E-state index is 13.6. The van der Waals surface area contributed by atoms with Crippen molar-refractivity contribution in [1.82, 2.24) is 14.7 Å². The fraction of sp³-hybridized carbons (Fsp3) is 0.731. The van der Waals surface area contributed by atoms with Gasteiger partial charge in [-0.1, -0.05) is 30.3 Å². The maximum Gasteiger partial charge on any atom is 0.320 e. The lowest BCUT2D eigenvalue weighted by molar-refractivity contribution is -0.139. The first-order valence-electron chi connectivity index (χ1n) is 12.5. The number of ether oxygens (including phenoxy) is 1. The third-order valence-electron chi connectivity index (χ3n) is 8.72. The number of aliphatic hydroxyl groups is 1. The molecule has 5 rings (SSSR count). The van der Waals surface area contributed by atoms with E-state index < -0.39 is 6.29 Å². The number of carbonyl (C=O) groups is 1. The van der Waals surface area contributed by atoms with Gasteiger partial charge in [0.25, 0.3) is 0 Å². The summed E-state index contributed by atoms with van der Waals surface area (Å²) in [6.45, 7) is 3.10. The first-order chi connectivity index (χ1) is 15.4. The zero-order valence-electron chi connectivity index (χ0n) is 19.7. The Bertz CT molecular complexity index is 802. The van der Waals surface area contributed by atoms with Crippen LogP contribution in [0.1, 0.15) is 56.9 Å². The summed E-state index contributed by atoms with van der Waals surface area (Å²) in [6, 6.07) is 11.1. The molecule has 6 nitrogen and oxygen atoms in total. The van der Waals surface area contributed by atoms with Crippen molar-refractivity contribution in [2.75, 3.05) is 40.3 Å². The van der Waals surface area contributed by atoms with E-state index in [1.807, 2.05) is 0 Å². The number of hydrogen-bond donors (Lipinski definition) is 1. The van der Waals surface area contributed by atoms with E-state index >= 15 is 0 Å². The van der Waals surface area contributed by atoms with Crippen molar-refractivity contribution >= 4 is 6.03 Å². The van der Waals surface area contributed by atoms with Crippen molar-refractivity contribution in [2.24, 2.45) is 11.8 Å². The van der Waals surface area contributed by atoms with Crippen LogP contribution in [0.25, 0.3) is 0 Å². The summed E-state index contributed by atoms with van der Waals surface area (Å²) >= 11 is 0. The van der Waals surface area contributed by atoms with Gasteiger partial charge in [0.15, 0.2) is 6.29 Å². The van der Waals surface area contributed by atoms with Gasteiger partial charge in [-0.05, 0) is 76.4 Å². The monoisotopic (exact) mass is 441 g/mol. The Hall–Kier alpha value is -1.63. The van der Waals surface area contributed by atoms with E-state index in [9.17, 15) is 9.90 Å². The third kappa shape index (κ3) is 4.06. The van der Waals surface area contributed by atoms with E-state index in [4.69, 9.17) is 4.74 Å². The Labute approximate surface area is 192 Å². The van der Waals surface area contributed by atoms with Gasteiger partial charge in [-0.2, -0.15) is 0 Å². The number of rotatable bonds is 6. The quantitative estimate of drug-likeness (QED) is 0.732. The molecule has 2 unspecified atom stereocenters. The second-order valence-electron chi connectivity index (χ2n) is 10.9. The zero-order valence-corrected chi connectivity index (χ0v) is 19.7. The SMILES string of the molecule is CN(C)C1(c2ccccc2)CCC2(CC1)CN(CC1CCOC(O)C1)C(=O)N2CC1CC1.